The molecule has 0 saturated carbocycles. The number of hydrogen-bond acceptors (Lipinski definition) is 5. The van der Waals surface area contributed by atoms with Crippen molar-refractivity contribution >= 4 is 76.2 Å². The summed E-state index contributed by atoms with van der Waals surface area (Å²) in [4.78, 5) is 12.5. The lowest BCUT2D eigenvalue weighted by Gasteiger charge is -2.09. The normalized spacial score (nSPS) is 11.6. The van der Waals surface area contributed by atoms with Crippen LogP contribution in [-0.4, -0.2) is 44.6 Å². The summed E-state index contributed by atoms with van der Waals surface area (Å²) in [5, 5.41) is 28.5. The number of fused-ring (bicyclic) bond motifs is 11. The molecule has 0 fully saturated rings. The number of pyridine rings is 1. The van der Waals surface area contributed by atoms with Crippen molar-refractivity contribution in [2.45, 2.75) is 67.2 Å². The lowest BCUT2D eigenvalue weighted by molar-refractivity contribution is -0.755. The molecular weight excluding hydrogens is 1300 g/mol. The van der Waals surface area contributed by atoms with Crippen molar-refractivity contribution in [3.63, 3.8) is 0 Å². The van der Waals surface area contributed by atoms with Gasteiger partial charge in [0.1, 0.15) is 70.6 Å². The first kappa shape index (κ1) is 70.3. The summed E-state index contributed by atoms with van der Waals surface area (Å²) in [5.41, 5.74) is 23.9. The van der Waals surface area contributed by atoms with Gasteiger partial charge in [0.2, 0.25) is 45.2 Å². The maximum Gasteiger partial charge on any atom is 0.249 e. The summed E-state index contributed by atoms with van der Waals surface area (Å²) < 4.78 is 12.7. The van der Waals surface area contributed by atoms with E-state index in [-0.39, 0.29) is 0 Å². The second kappa shape index (κ2) is 31.1. The van der Waals surface area contributed by atoms with Gasteiger partial charge < -0.3 is 0 Å². The molecule has 0 amide bonds. The highest BCUT2D eigenvalue weighted by Crippen LogP contribution is 2.34. The lowest BCUT2D eigenvalue weighted by Crippen LogP contribution is -2.42. The Kier molecular flexibility index (Phi) is 20.6. The molecule has 15 heteroatoms. The molecule has 0 radical (unpaired) electrons. The highest BCUT2D eigenvalue weighted by molar-refractivity contribution is 6.22. The first-order chi connectivity index (χ1) is 51.6. The summed E-state index contributed by atoms with van der Waals surface area (Å²) in [5.74, 6) is 0. The largest absolute Gasteiger partial charge is 0.249 e. The summed E-state index contributed by atoms with van der Waals surface area (Å²) >= 11 is 0. The molecule has 0 bridgehead atoms. The van der Waals surface area contributed by atoms with Crippen LogP contribution < -0.4 is 27.9 Å². The summed E-state index contributed by atoms with van der Waals surface area (Å²) in [6, 6.07) is 88.3. The van der Waals surface area contributed by atoms with Crippen molar-refractivity contribution < 1.29 is 27.9 Å². The van der Waals surface area contributed by atoms with Crippen LogP contribution in [0.15, 0.2) is 286 Å². The standard InChI is InChI=1S/C18H16N3.C18H15N2.C17H16N.C14H18N3.C14H14N3.C10H12N3/c1-13-11-12-14-7-3-4-8-15(14)18(13)21-19-16-9-5-6-10-17(16)20(21)2;1-12-6-5-9-14-13-7-3-4-8-15(13)17-18(16(12)14)20(2)11-10-19-17;1-13-7-3-6-10-16(13)17-11-14-8-4-5-9-15(14)12-18(17)2;2*1-11-7-3-5-9-13(11)17-15-12-8-4-6-10-14(12)16(17)2;1-9-5-3-4-6-10(9)13-11-7-8-12(13)2/h3-12H,1-2H3;3-11H,1-2H3;3-12H,1-2H3;3,5,7,9H,4,6,8,10H2,1-2H3;3-10H,1-2H3;3-8H,1-2H3/q6*+1. The van der Waals surface area contributed by atoms with Crippen LogP contribution in [0.1, 0.15) is 57.6 Å². The van der Waals surface area contributed by atoms with Gasteiger partial charge in [-0.05, 0) is 183 Å². The third-order valence-electron chi connectivity index (χ3n) is 20.3. The molecule has 15 nitrogen and oxygen atoms in total. The Bertz CT molecular complexity index is 6150. The van der Waals surface area contributed by atoms with Gasteiger partial charge in [-0.3, -0.25) is 0 Å². The number of rotatable bonds is 5. The molecule has 19 rings (SSSR count). The van der Waals surface area contributed by atoms with E-state index in [0.717, 1.165) is 57.5 Å². The zero-order valence-electron chi connectivity index (χ0n) is 62.7. The maximum atomic E-state index is 4.77. The van der Waals surface area contributed by atoms with Gasteiger partial charge in [-0.25, -0.2) is 9.55 Å². The van der Waals surface area contributed by atoms with Gasteiger partial charge in [-0.1, -0.05) is 194 Å². The van der Waals surface area contributed by atoms with E-state index in [0.29, 0.717) is 0 Å². The Morgan fingerprint density at radius 1 is 0.358 bits per heavy atom. The van der Waals surface area contributed by atoms with E-state index in [1.165, 1.54) is 123 Å². The molecule has 524 valence electrons. The van der Waals surface area contributed by atoms with Crippen LogP contribution in [0.5, 0.6) is 0 Å². The average Bonchev–Trinajstić information content (AvgIpc) is 1.07. The predicted octanol–water partition coefficient (Wildman–Crippen LogP) is 15.7. The minimum absolute atomic E-state index is 1.01. The molecule has 0 atom stereocenters. The Morgan fingerprint density at radius 3 is 1.49 bits per heavy atom. The molecule has 0 unspecified atom stereocenters. The third-order valence-corrected chi connectivity index (χ3v) is 20.3. The van der Waals surface area contributed by atoms with Gasteiger partial charge in [0, 0.05) is 50.8 Å². The molecule has 12 aromatic carbocycles. The van der Waals surface area contributed by atoms with Gasteiger partial charge in [0.15, 0.2) is 24.3 Å². The van der Waals surface area contributed by atoms with Gasteiger partial charge >= 0.3 is 0 Å². The Balaban J connectivity index is 0.000000107. The lowest BCUT2D eigenvalue weighted by atomic mass is 9.96. The van der Waals surface area contributed by atoms with Crippen LogP contribution in [0.3, 0.4) is 0 Å². The molecule has 0 aliphatic heterocycles. The van der Waals surface area contributed by atoms with Gasteiger partial charge in [0.05, 0.1) is 21.8 Å². The molecule has 6 heterocycles. The van der Waals surface area contributed by atoms with Gasteiger partial charge in [-0.2, -0.15) is 23.3 Å². The zero-order chi connectivity index (χ0) is 73.5. The number of para-hydroxylation sites is 5. The number of hydrogen-bond donors (Lipinski definition) is 0. The Morgan fingerprint density at radius 2 is 0.868 bits per heavy atom. The van der Waals surface area contributed by atoms with Crippen molar-refractivity contribution in [2.24, 2.45) is 42.3 Å². The Labute approximate surface area is 619 Å². The van der Waals surface area contributed by atoms with E-state index >= 15 is 0 Å². The minimum atomic E-state index is 1.01. The van der Waals surface area contributed by atoms with Crippen LogP contribution in [-0.2, 0) is 55.1 Å². The van der Waals surface area contributed by atoms with Gasteiger partial charge in [-0.15, -0.1) is 0 Å². The van der Waals surface area contributed by atoms with Crippen LogP contribution in [0.25, 0.3) is 110 Å². The monoisotopic (exact) mass is 1390 g/mol. The van der Waals surface area contributed by atoms with Crippen molar-refractivity contribution in [2.75, 3.05) is 0 Å². The fourth-order valence-corrected chi connectivity index (χ4v) is 14.6. The van der Waals surface area contributed by atoms with Crippen molar-refractivity contribution in [1.29, 1.82) is 0 Å². The second-order valence-electron chi connectivity index (χ2n) is 27.4. The SMILES string of the molecule is Cc1ccc2ccccc2c1-n1nc2ccccc2[n+]1C.Cc1cccc2c3ccccc3c3ncc[n+](C)c3c12.Cc1ccccc1-c1cc2ccccc2c[n+]1C.Cc1ccccc1-n1nc2c([n+]1C)CCCC2.Cc1ccccc1-n1nc2ccccc2[n+]1C.Cc1ccccc1-n1ncc[n+]1C. The minimum Gasteiger partial charge on any atom is -0.243 e. The summed E-state index contributed by atoms with van der Waals surface area (Å²) in [6.07, 6.45) is 14.6. The molecule has 0 N–H and O–H groups in total. The predicted molar refractivity (Wildman–Crippen MR) is 425 cm³/mol. The molecule has 6 aromatic heterocycles. The van der Waals surface area contributed by atoms with Crippen molar-refractivity contribution in [1.82, 2.24) is 44.6 Å². The first-order valence-electron chi connectivity index (χ1n) is 36.3. The topological polar surface area (TPSA) is 107 Å². The average molecular weight is 1390 g/mol. The van der Waals surface area contributed by atoms with Crippen molar-refractivity contribution in [3.05, 3.63) is 331 Å². The maximum absolute atomic E-state index is 4.77. The zero-order valence-corrected chi connectivity index (χ0v) is 62.7. The Hall–Kier alpha value is -12.8. The first-order valence-corrected chi connectivity index (χ1v) is 36.3. The van der Waals surface area contributed by atoms with Crippen LogP contribution in [0.4, 0.5) is 0 Å². The van der Waals surface area contributed by atoms with Gasteiger partial charge in [0.25, 0.3) is 0 Å². The quantitative estimate of drug-likeness (QED) is 0.126. The third kappa shape index (κ3) is 14.3. The van der Waals surface area contributed by atoms with E-state index in [1.54, 1.807) is 6.20 Å². The number of aromatic nitrogens is 15. The van der Waals surface area contributed by atoms with Crippen molar-refractivity contribution in [3.8, 4) is 34.0 Å². The number of aryl methyl sites for hydroxylation is 12. The molecule has 1 aliphatic carbocycles. The van der Waals surface area contributed by atoms with E-state index in [9.17, 15) is 0 Å². The molecule has 1 aliphatic rings. The molecule has 106 heavy (non-hydrogen) atoms. The summed E-state index contributed by atoms with van der Waals surface area (Å²) in [7, 11) is 12.4. The number of benzene rings is 12. The number of nitrogens with zero attached hydrogens (tertiary/aromatic N) is 15. The fourth-order valence-electron chi connectivity index (χ4n) is 14.6. The molecule has 18 aromatic rings. The highest BCUT2D eigenvalue weighted by Gasteiger charge is 2.28. The second-order valence-corrected chi connectivity index (χ2v) is 27.4. The van der Waals surface area contributed by atoms with Crippen LogP contribution in [0.2, 0.25) is 0 Å². The fraction of sp³-hybridized carbons (Fsp3) is 0.176. The molecular formula is C91H91N15+6. The van der Waals surface area contributed by atoms with Crippen LogP contribution >= 0.6 is 0 Å². The highest BCUT2D eigenvalue weighted by atomic mass is 15.6. The van der Waals surface area contributed by atoms with E-state index in [4.69, 9.17) is 10.2 Å². The van der Waals surface area contributed by atoms with E-state index in [2.05, 4.69) is 308 Å². The molecule has 0 saturated heterocycles. The van der Waals surface area contributed by atoms with E-state index in [1.807, 2.05) is 117 Å². The van der Waals surface area contributed by atoms with Crippen LogP contribution in [0, 0.1) is 41.5 Å². The van der Waals surface area contributed by atoms with E-state index < -0.39 is 0 Å². The smallest absolute Gasteiger partial charge is 0.243 e. The summed E-state index contributed by atoms with van der Waals surface area (Å²) in [6.45, 7) is 12.8. The molecule has 0 spiro atoms.